The van der Waals surface area contributed by atoms with Crippen LogP contribution in [0.5, 0.6) is 5.75 Å². The van der Waals surface area contributed by atoms with E-state index < -0.39 is 12.5 Å². The summed E-state index contributed by atoms with van der Waals surface area (Å²) in [5.74, 6) is -0.359. The van der Waals surface area contributed by atoms with Gasteiger partial charge in [-0.15, -0.1) is 0 Å². The first-order chi connectivity index (χ1) is 11.6. The van der Waals surface area contributed by atoms with Gasteiger partial charge < -0.3 is 9.47 Å². The lowest BCUT2D eigenvalue weighted by atomic mass is 10.2. The van der Waals surface area contributed by atoms with E-state index in [-0.39, 0.29) is 16.6 Å². The van der Waals surface area contributed by atoms with Crippen LogP contribution in [0.15, 0.2) is 48.5 Å². The van der Waals surface area contributed by atoms with Crippen molar-refractivity contribution in [3.63, 3.8) is 0 Å². The molecule has 1 aromatic heterocycles. The highest BCUT2D eigenvalue weighted by Gasteiger charge is 2.22. The molecule has 2 aromatic carbocycles. The van der Waals surface area contributed by atoms with E-state index in [9.17, 15) is 13.6 Å². The van der Waals surface area contributed by atoms with Crippen molar-refractivity contribution >= 4 is 16.9 Å². The Balaban J connectivity index is 1.94. The predicted molar refractivity (Wildman–Crippen MR) is 83.1 cm³/mol. The van der Waals surface area contributed by atoms with Gasteiger partial charge in [-0.3, -0.25) is 0 Å². The molecule has 0 aliphatic carbocycles. The second kappa shape index (κ2) is 6.66. The van der Waals surface area contributed by atoms with E-state index in [1.807, 2.05) is 30.3 Å². The summed E-state index contributed by atoms with van der Waals surface area (Å²) in [5.41, 5.74) is 0.911. The molecule has 3 aromatic rings. The van der Waals surface area contributed by atoms with Crippen molar-refractivity contribution in [1.82, 2.24) is 9.78 Å². The lowest BCUT2D eigenvalue weighted by Crippen LogP contribution is -2.05. The van der Waals surface area contributed by atoms with Crippen LogP contribution < -0.4 is 4.74 Å². The molecular formula is C17H14F2N2O3. The summed E-state index contributed by atoms with van der Waals surface area (Å²) in [5, 5.41) is 3.94. The van der Waals surface area contributed by atoms with Gasteiger partial charge in [0.25, 0.3) is 0 Å². The molecule has 0 saturated heterocycles. The van der Waals surface area contributed by atoms with Gasteiger partial charge in [-0.25, -0.2) is 9.48 Å². The standard InChI is InChI=1S/C17H14F2N2O3/c1-23-16(22)15-13-8-7-12(9-14(13)21(20-15)17(18)19)24-10-11-5-3-2-4-6-11/h2-9,17H,10H2,1H3. The molecule has 0 bridgehead atoms. The zero-order chi connectivity index (χ0) is 17.1. The number of carbonyl (C=O) groups is 1. The molecule has 0 amide bonds. The van der Waals surface area contributed by atoms with Crippen molar-refractivity contribution in [2.75, 3.05) is 7.11 Å². The van der Waals surface area contributed by atoms with Crippen LogP contribution in [0.3, 0.4) is 0 Å². The minimum atomic E-state index is -2.88. The number of esters is 1. The molecule has 3 rings (SSSR count). The Morgan fingerprint density at radius 1 is 1.21 bits per heavy atom. The second-order valence-corrected chi connectivity index (χ2v) is 5.02. The van der Waals surface area contributed by atoms with Crippen molar-refractivity contribution in [3.8, 4) is 5.75 Å². The molecule has 124 valence electrons. The Bertz CT molecular complexity index is 863. The van der Waals surface area contributed by atoms with Gasteiger partial charge in [0.2, 0.25) is 0 Å². The predicted octanol–water partition coefficient (Wildman–Crippen LogP) is 3.80. The van der Waals surface area contributed by atoms with Crippen molar-refractivity contribution in [2.24, 2.45) is 0 Å². The van der Waals surface area contributed by atoms with Gasteiger partial charge in [0.15, 0.2) is 5.69 Å². The van der Waals surface area contributed by atoms with Crippen molar-refractivity contribution < 1.29 is 23.0 Å². The van der Waals surface area contributed by atoms with Gasteiger partial charge >= 0.3 is 12.5 Å². The van der Waals surface area contributed by atoms with Crippen LogP contribution in [0.2, 0.25) is 0 Å². The molecule has 24 heavy (non-hydrogen) atoms. The maximum Gasteiger partial charge on any atom is 0.359 e. The van der Waals surface area contributed by atoms with E-state index in [1.54, 1.807) is 6.07 Å². The number of carbonyl (C=O) groups excluding carboxylic acids is 1. The fourth-order valence-electron chi connectivity index (χ4n) is 2.34. The Kier molecular flexibility index (Phi) is 4.41. The normalized spacial score (nSPS) is 11.0. The number of benzene rings is 2. The van der Waals surface area contributed by atoms with Crippen LogP contribution in [-0.4, -0.2) is 22.9 Å². The van der Waals surface area contributed by atoms with Gasteiger partial charge in [-0.05, 0) is 17.7 Å². The summed E-state index contributed by atoms with van der Waals surface area (Å²) in [6.45, 7) is -2.57. The maximum absolute atomic E-state index is 13.2. The number of ether oxygens (including phenoxy) is 2. The number of alkyl halides is 2. The van der Waals surface area contributed by atoms with Crippen LogP contribution in [-0.2, 0) is 11.3 Å². The van der Waals surface area contributed by atoms with Gasteiger partial charge in [0.05, 0.1) is 12.6 Å². The molecule has 0 atom stereocenters. The quantitative estimate of drug-likeness (QED) is 0.667. The van der Waals surface area contributed by atoms with E-state index in [4.69, 9.17) is 4.74 Å². The van der Waals surface area contributed by atoms with E-state index in [1.165, 1.54) is 19.2 Å². The van der Waals surface area contributed by atoms with Crippen molar-refractivity contribution in [3.05, 3.63) is 59.8 Å². The molecule has 0 radical (unpaired) electrons. The third kappa shape index (κ3) is 3.05. The van der Waals surface area contributed by atoms with E-state index >= 15 is 0 Å². The number of aromatic nitrogens is 2. The Labute approximate surface area is 136 Å². The minimum Gasteiger partial charge on any atom is -0.489 e. The largest absolute Gasteiger partial charge is 0.489 e. The van der Waals surface area contributed by atoms with Gasteiger partial charge in [-0.1, -0.05) is 30.3 Å². The van der Waals surface area contributed by atoms with Crippen LogP contribution in [0, 0.1) is 0 Å². The summed E-state index contributed by atoms with van der Waals surface area (Å²) in [4.78, 5) is 11.7. The Morgan fingerprint density at radius 3 is 2.62 bits per heavy atom. The van der Waals surface area contributed by atoms with E-state index in [0.29, 0.717) is 17.0 Å². The number of fused-ring (bicyclic) bond motifs is 1. The number of halogens is 2. The number of methoxy groups -OCH3 is 1. The average Bonchev–Trinajstić information content (AvgIpc) is 2.99. The molecule has 0 aliphatic heterocycles. The number of hydrogen-bond acceptors (Lipinski definition) is 4. The fraction of sp³-hybridized carbons (Fsp3) is 0.176. The molecule has 0 fully saturated rings. The van der Waals surface area contributed by atoms with Crippen LogP contribution in [0.1, 0.15) is 22.6 Å². The molecular weight excluding hydrogens is 318 g/mol. The molecule has 1 heterocycles. The fourth-order valence-corrected chi connectivity index (χ4v) is 2.34. The summed E-state index contributed by atoms with van der Waals surface area (Å²) in [7, 11) is 1.17. The molecule has 0 N–H and O–H groups in total. The monoisotopic (exact) mass is 332 g/mol. The molecule has 0 saturated carbocycles. The van der Waals surface area contributed by atoms with Crippen LogP contribution in [0.4, 0.5) is 8.78 Å². The summed E-state index contributed by atoms with van der Waals surface area (Å²) >= 11 is 0. The average molecular weight is 332 g/mol. The lowest BCUT2D eigenvalue weighted by molar-refractivity contribution is 0.0545. The topological polar surface area (TPSA) is 53.3 Å². The molecule has 5 nitrogen and oxygen atoms in total. The van der Waals surface area contributed by atoms with Gasteiger partial charge in [-0.2, -0.15) is 13.9 Å². The summed E-state index contributed by atoms with van der Waals surface area (Å²) in [6, 6.07) is 14.0. The smallest absolute Gasteiger partial charge is 0.359 e. The first-order valence-electron chi connectivity index (χ1n) is 7.15. The van der Waals surface area contributed by atoms with Gasteiger partial charge in [0, 0.05) is 11.5 Å². The molecule has 7 heteroatoms. The highest BCUT2D eigenvalue weighted by molar-refractivity contribution is 6.02. The number of rotatable bonds is 5. The van der Waals surface area contributed by atoms with E-state index in [2.05, 4.69) is 9.84 Å². The zero-order valence-corrected chi connectivity index (χ0v) is 12.8. The minimum absolute atomic E-state index is 0.107. The van der Waals surface area contributed by atoms with Crippen molar-refractivity contribution in [2.45, 2.75) is 13.2 Å². The molecule has 0 spiro atoms. The highest BCUT2D eigenvalue weighted by Crippen LogP contribution is 2.28. The third-order valence-corrected chi connectivity index (χ3v) is 3.49. The highest BCUT2D eigenvalue weighted by atomic mass is 19.3. The second-order valence-electron chi connectivity index (χ2n) is 5.02. The van der Waals surface area contributed by atoms with E-state index in [0.717, 1.165) is 5.56 Å². The summed E-state index contributed by atoms with van der Waals surface area (Å²) < 4.78 is 37.0. The Hall–Kier alpha value is -2.96. The number of nitrogens with zero attached hydrogens (tertiary/aromatic N) is 2. The van der Waals surface area contributed by atoms with Crippen LogP contribution >= 0.6 is 0 Å². The number of hydrogen-bond donors (Lipinski definition) is 0. The summed E-state index contributed by atoms with van der Waals surface area (Å²) in [6.07, 6.45) is 0. The maximum atomic E-state index is 13.2. The lowest BCUT2D eigenvalue weighted by Gasteiger charge is -2.07. The van der Waals surface area contributed by atoms with Gasteiger partial charge in [0.1, 0.15) is 12.4 Å². The zero-order valence-electron chi connectivity index (χ0n) is 12.8. The van der Waals surface area contributed by atoms with Crippen LogP contribution in [0.25, 0.3) is 10.9 Å². The molecule has 0 unspecified atom stereocenters. The Morgan fingerprint density at radius 2 is 1.96 bits per heavy atom. The first-order valence-corrected chi connectivity index (χ1v) is 7.15. The molecule has 0 aliphatic rings. The first kappa shape index (κ1) is 15.9. The third-order valence-electron chi connectivity index (χ3n) is 3.49. The SMILES string of the molecule is COC(=O)c1nn(C(F)F)c2cc(OCc3ccccc3)ccc12. The van der Waals surface area contributed by atoms with Crippen molar-refractivity contribution in [1.29, 1.82) is 0 Å².